The zero-order valence-electron chi connectivity index (χ0n) is 12.4. The second-order valence-corrected chi connectivity index (χ2v) is 5.66. The van der Waals surface area contributed by atoms with E-state index in [-0.39, 0.29) is 5.91 Å². The van der Waals surface area contributed by atoms with E-state index in [1.54, 1.807) is 12.1 Å². The van der Waals surface area contributed by atoms with E-state index >= 15 is 0 Å². The van der Waals surface area contributed by atoms with Crippen molar-refractivity contribution in [1.29, 1.82) is 0 Å². The maximum Gasteiger partial charge on any atom is 0.261 e. The lowest BCUT2D eigenvalue weighted by Crippen LogP contribution is -2.43. The highest BCUT2D eigenvalue weighted by atomic mass is 32.1. The fraction of sp³-hybridized carbons (Fsp3) is 0.500. The SMILES string of the molecule is CCCOc1ccccc1C(=O)NC(=S)NC1CCCC1. The van der Waals surface area contributed by atoms with Gasteiger partial charge in [0.25, 0.3) is 5.91 Å². The van der Waals surface area contributed by atoms with Gasteiger partial charge in [-0.15, -0.1) is 0 Å². The molecular formula is C16H22N2O2S. The number of amides is 1. The first-order valence-electron chi connectivity index (χ1n) is 7.54. The molecule has 1 aliphatic carbocycles. The van der Waals surface area contributed by atoms with Crippen molar-refractivity contribution in [3.05, 3.63) is 29.8 Å². The van der Waals surface area contributed by atoms with Gasteiger partial charge < -0.3 is 10.1 Å². The molecule has 0 heterocycles. The molecule has 0 aromatic heterocycles. The summed E-state index contributed by atoms with van der Waals surface area (Å²) in [5.41, 5.74) is 0.515. The molecule has 0 saturated heterocycles. The molecule has 0 atom stereocenters. The Bertz CT molecular complexity index is 499. The lowest BCUT2D eigenvalue weighted by Gasteiger charge is -2.16. The van der Waals surface area contributed by atoms with Crippen molar-refractivity contribution in [2.75, 3.05) is 6.61 Å². The number of ether oxygens (including phenoxy) is 1. The lowest BCUT2D eigenvalue weighted by atomic mass is 10.2. The van der Waals surface area contributed by atoms with Crippen LogP contribution in [-0.4, -0.2) is 23.7 Å². The van der Waals surface area contributed by atoms with Gasteiger partial charge in [0.1, 0.15) is 5.75 Å². The average Bonchev–Trinajstić information content (AvgIpc) is 2.98. The van der Waals surface area contributed by atoms with Gasteiger partial charge in [0.05, 0.1) is 12.2 Å². The molecule has 114 valence electrons. The first-order valence-corrected chi connectivity index (χ1v) is 7.95. The molecule has 0 radical (unpaired) electrons. The quantitative estimate of drug-likeness (QED) is 0.821. The van der Waals surface area contributed by atoms with Crippen LogP contribution in [0.5, 0.6) is 5.75 Å². The molecular weight excluding hydrogens is 284 g/mol. The van der Waals surface area contributed by atoms with Gasteiger partial charge in [-0.25, -0.2) is 0 Å². The van der Waals surface area contributed by atoms with Crippen LogP contribution in [0.4, 0.5) is 0 Å². The van der Waals surface area contributed by atoms with Gasteiger partial charge in [-0.3, -0.25) is 10.1 Å². The van der Waals surface area contributed by atoms with E-state index in [0.717, 1.165) is 19.3 Å². The van der Waals surface area contributed by atoms with Crippen LogP contribution >= 0.6 is 12.2 Å². The molecule has 0 bridgehead atoms. The second kappa shape index (κ2) is 7.98. The van der Waals surface area contributed by atoms with Crippen molar-refractivity contribution in [1.82, 2.24) is 10.6 Å². The standard InChI is InChI=1S/C16H22N2O2S/c1-2-11-20-14-10-6-5-9-13(14)15(19)18-16(21)17-12-7-3-4-8-12/h5-6,9-10,12H,2-4,7-8,11H2,1H3,(H2,17,18,19,21). The molecule has 1 saturated carbocycles. The molecule has 2 rings (SSSR count). The summed E-state index contributed by atoms with van der Waals surface area (Å²) in [6.45, 7) is 2.62. The molecule has 1 amide bonds. The van der Waals surface area contributed by atoms with Crippen molar-refractivity contribution < 1.29 is 9.53 Å². The second-order valence-electron chi connectivity index (χ2n) is 5.25. The van der Waals surface area contributed by atoms with Gasteiger partial charge in [-0.2, -0.15) is 0 Å². The zero-order valence-corrected chi connectivity index (χ0v) is 13.2. The predicted molar refractivity (Wildman–Crippen MR) is 87.7 cm³/mol. The van der Waals surface area contributed by atoms with Crippen LogP contribution in [0, 0.1) is 0 Å². The average molecular weight is 306 g/mol. The van der Waals surface area contributed by atoms with E-state index in [0.29, 0.717) is 29.1 Å². The third-order valence-corrected chi connectivity index (χ3v) is 3.73. The fourth-order valence-electron chi connectivity index (χ4n) is 2.45. The molecule has 1 aliphatic rings. The van der Waals surface area contributed by atoms with E-state index in [4.69, 9.17) is 17.0 Å². The number of thiocarbonyl (C=S) groups is 1. The van der Waals surface area contributed by atoms with Crippen molar-refractivity contribution in [2.45, 2.75) is 45.1 Å². The predicted octanol–water partition coefficient (Wildman–Crippen LogP) is 3.02. The fourth-order valence-corrected chi connectivity index (χ4v) is 2.71. The number of hydrogen-bond acceptors (Lipinski definition) is 3. The summed E-state index contributed by atoms with van der Waals surface area (Å²) in [6, 6.07) is 7.62. The Morgan fingerprint density at radius 3 is 2.76 bits per heavy atom. The van der Waals surface area contributed by atoms with Crippen molar-refractivity contribution in [3.8, 4) is 5.75 Å². The molecule has 1 aromatic rings. The van der Waals surface area contributed by atoms with E-state index in [1.807, 2.05) is 19.1 Å². The first-order chi connectivity index (χ1) is 10.2. The summed E-state index contributed by atoms with van der Waals surface area (Å²) in [7, 11) is 0. The van der Waals surface area contributed by atoms with Crippen molar-refractivity contribution in [2.24, 2.45) is 0 Å². The smallest absolute Gasteiger partial charge is 0.261 e. The Balaban J connectivity index is 1.94. The van der Waals surface area contributed by atoms with Crippen molar-refractivity contribution in [3.63, 3.8) is 0 Å². The first kappa shape index (κ1) is 15.8. The molecule has 5 heteroatoms. The topological polar surface area (TPSA) is 50.4 Å². The maximum atomic E-state index is 12.3. The Morgan fingerprint density at radius 2 is 2.05 bits per heavy atom. The monoisotopic (exact) mass is 306 g/mol. The number of para-hydroxylation sites is 1. The van der Waals surface area contributed by atoms with Gasteiger partial charge in [0, 0.05) is 6.04 Å². The third-order valence-electron chi connectivity index (χ3n) is 3.51. The highest BCUT2D eigenvalue weighted by molar-refractivity contribution is 7.80. The molecule has 4 nitrogen and oxygen atoms in total. The van der Waals surface area contributed by atoms with Crippen LogP contribution in [0.2, 0.25) is 0 Å². The number of hydrogen-bond donors (Lipinski definition) is 2. The minimum absolute atomic E-state index is 0.225. The zero-order chi connectivity index (χ0) is 15.1. The summed E-state index contributed by atoms with van der Waals surface area (Å²) in [6.07, 6.45) is 5.58. The van der Waals surface area contributed by atoms with Crippen LogP contribution in [0.3, 0.4) is 0 Å². The summed E-state index contributed by atoms with van der Waals surface area (Å²) in [5.74, 6) is 0.373. The number of nitrogens with one attached hydrogen (secondary N) is 2. The third kappa shape index (κ3) is 4.70. The highest BCUT2D eigenvalue weighted by Gasteiger charge is 2.18. The van der Waals surface area contributed by atoms with Gasteiger partial charge in [0.2, 0.25) is 0 Å². The summed E-state index contributed by atoms with van der Waals surface area (Å²) >= 11 is 5.21. The molecule has 1 aromatic carbocycles. The Kier molecular flexibility index (Phi) is 5.99. The Labute approximate surface area is 131 Å². The maximum absolute atomic E-state index is 12.3. The summed E-state index contributed by atoms with van der Waals surface area (Å²) < 4.78 is 5.60. The van der Waals surface area contributed by atoms with Crippen LogP contribution < -0.4 is 15.4 Å². The van der Waals surface area contributed by atoms with Gasteiger partial charge in [-0.1, -0.05) is 31.9 Å². The van der Waals surface area contributed by atoms with E-state index in [2.05, 4.69) is 10.6 Å². The Hall–Kier alpha value is -1.62. The normalized spacial score (nSPS) is 14.7. The van der Waals surface area contributed by atoms with Crippen LogP contribution in [0.25, 0.3) is 0 Å². The molecule has 0 unspecified atom stereocenters. The van der Waals surface area contributed by atoms with Crippen LogP contribution in [0.15, 0.2) is 24.3 Å². The van der Waals surface area contributed by atoms with Gasteiger partial charge >= 0.3 is 0 Å². The molecule has 21 heavy (non-hydrogen) atoms. The molecule has 0 aliphatic heterocycles. The van der Waals surface area contributed by atoms with E-state index in [9.17, 15) is 4.79 Å². The molecule has 2 N–H and O–H groups in total. The van der Waals surface area contributed by atoms with Gasteiger partial charge in [0.15, 0.2) is 5.11 Å². The highest BCUT2D eigenvalue weighted by Crippen LogP contribution is 2.19. The summed E-state index contributed by atoms with van der Waals surface area (Å²) in [5, 5.41) is 6.34. The number of benzene rings is 1. The molecule has 1 fully saturated rings. The van der Waals surface area contributed by atoms with Crippen LogP contribution in [-0.2, 0) is 0 Å². The van der Waals surface area contributed by atoms with Crippen LogP contribution in [0.1, 0.15) is 49.4 Å². The van der Waals surface area contributed by atoms with Crippen molar-refractivity contribution >= 4 is 23.2 Å². The largest absolute Gasteiger partial charge is 0.493 e. The minimum Gasteiger partial charge on any atom is -0.493 e. The molecule has 0 spiro atoms. The van der Waals surface area contributed by atoms with Gasteiger partial charge in [-0.05, 0) is 43.6 Å². The lowest BCUT2D eigenvalue weighted by molar-refractivity contribution is 0.0972. The van der Waals surface area contributed by atoms with E-state index in [1.165, 1.54) is 12.8 Å². The summed E-state index contributed by atoms with van der Waals surface area (Å²) in [4.78, 5) is 12.3. The number of rotatable bonds is 5. The number of carbonyl (C=O) groups excluding carboxylic acids is 1. The van der Waals surface area contributed by atoms with E-state index < -0.39 is 0 Å². The Morgan fingerprint density at radius 1 is 1.33 bits per heavy atom. The minimum atomic E-state index is -0.225. The number of carbonyl (C=O) groups is 1.